The maximum Gasteiger partial charge on any atom is 0.103 e. The molecule has 19 heavy (non-hydrogen) atoms. The first-order valence-corrected chi connectivity index (χ1v) is 7.04. The van der Waals surface area contributed by atoms with Gasteiger partial charge in [-0.05, 0) is 6.42 Å². The van der Waals surface area contributed by atoms with Crippen molar-refractivity contribution in [2.45, 2.75) is 19.4 Å². The average Bonchev–Trinajstić information content (AvgIpc) is 2.63. The van der Waals surface area contributed by atoms with Gasteiger partial charge in [0.05, 0.1) is 13.1 Å². The summed E-state index contributed by atoms with van der Waals surface area (Å²) in [6.45, 7) is 5.93. The number of carboxylic acids is 1. The molecule has 1 heterocycles. The van der Waals surface area contributed by atoms with Gasteiger partial charge >= 0.3 is 0 Å². The third-order valence-electron chi connectivity index (χ3n) is 3.72. The van der Waals surface area contributed by atoms with Gasteiger partial charge < -0.3 is 14.8 Å². The Morgan fingerprint density at radius 1 is 1.21 bits per heavy atom. The van der Waals surface area contributed by atoms with Crippen LogP contribution in [0, 0.1) is 0 Å². The molecule has 1 aromatic rings. The number of nitrogens with zero attached hydrogens (tertiary/aromatic N) is 1. The van der Waals surface area contributed by atoms with Crippen LogP contribution in [0.4, 0.5) is 0 Å². The zero-order valence-electron chi connectivity index (χ0n) is 11.3. The van der Waals surface area contributed by atoms with E-state index in [1.54, 1.807) is 4.90 Å². The van der Waals surface area contributed by atoms with E-state index in [4.69, 9.17) is 0 Å². The molecule has 4 nitrogen and oxygen atoms in total. The number of carbonyl (C=O) groups is 1. The molecule has 104 valence electrons. The number of carbonyl (C=O) groups excluding carboxylic acids is 1. The highest BCUT2D eigenvalue weighted by Crippen LogP contribution is 1.98. The Morgan fingerprint density at radius 2 is 2.00 bits per heavy atom. The standard InChI is InChI=1S/C15H22N2O2/c18-15(19)7-10-16-8-4-9-17(12-11-16)13-14-5-2-1-3-6-14/h1-3,5-6H,4,7-13H2,(H,18,19). The van der Waals surface area contributed by atoms with Crippen LogP contribution in [0.15, 0.2) is 30.3 Å². The van der Waals surface area contributed by atoms with E-state index in [1.165, 1.54) is 5.56 Å². The summed E-state index contributed by atoms with van der Waals surface area (Å²) in [6, 6.07) is 10.6. The quantitative estimate of drug-likeness (QED) is 0.734. The number of hydrogen-bond donors (Lipinski definition) is 1. The molecule has 2 rings (SSSR count). The van der Waals surface area contributed by atoms with Crippen LogP contribution in [0.3, 0.4) is 0 Å². The second-order valence-electron chi connectivity index (χ2n) is 5.23. The molecule has 4 heteroatoms. The summed E-state index contributed by atoms with van der Waals surface area (Å²) in [4.78, 5) is 14.3. The van der Waals surface area contributed by atoms with E-state index in [-0.39, 0.29) is 6.42 Å². The van der Waals surface area contributed by atoms with Crippen LogP contribution in [0.5, 0.6) is 0 Å². The molecule has 0 bridgehead atoms. The number of hydrogen-bond acceptors (Lipinski definition) is 3. The monoisotopic (exact) mass is 262 g/mol. The van der Waals surface area contributed by atoms with Crippen molar-refractivity contribution in [3.8, 4) is 0 Å². The van der Waals surface area contributed by atoms with Crippen molar-refractivity contribution in [2.24, 2.45) is 0 Å². The van der Waals surface area contributed by atoms with Crippen LogP contribution in [-0.2, 0) is 11.3 Å². The summed E-state index contributed by atoms with van der Waals surface area (Å²) in [6.07, 6.45) is 1.28. The number of nitrogens with one attached hydrogen (secondary N) is 1. The highest BCUT2D eigenvalue weighted by molar-refractivity contribution is 5.64. The number of quaternary nitrogens is 1. The molecule has 1 aliphatic heterocycles. The third kappa shape index (κ3) is 5.01. The predicted octanol–water partition coefficient (Wildman–Crippen LogP) is -1.08. The zero-order chi connectivity index (χ0) is 13.5. The summed E-state index contributed by atoms with van der Waals surface area (Å²) < 4.78 is 0. The Kier molecular flexibility index (Phi) is 5.36. The predicted molar refractivity (Wildman–Crippen MR) is 71.5 cm³/mol. The fourth-order valence-electron chi connectivity index (χ4n) is 2.64. The van der Waals surface area contributed by atoms with Crippen molar-refractivity contribution in [3.05, 3.63) is 35.9 Å². The summed E-state index contributed by atoms with van der Waals surface area (Å²) in [5, 5.41) is 10.5. The fraction of sp³-hybridized carbons (Fsp3) is 0.533. The Morgan fingerprint density at radius 3 is 2.74 bits per heavy atom. The SMILES string of the molecule is O=C([O-])CCN1CCC[NH+](Cc2ccccc2)CC1. The van der Waals surface area contributed by atoms with Gasteiger partial charge in [-0.1, -0.05) is 30.3 Å². The van der Waals surface area contributed by atoms with Gasteiger partial charge in [-0.3, -0.25) is 4.90 Å². The average molecular weight is 262 g/mol. The van der Waals surface area contributed by atoms with E-state index in [0.29, 0.717) is 6.54 Å². The number of rotatable bonds is 5. The summed E-state index contributed by atoms with van der Waals surface area (Å²) in [5.41, 5.74) is 1.38. The largest absolute Gasteiger partial charge is 0.550 e. The number of aliphatic carboxylic acids is 1. The first-order chi connectivity index (χ1) is 9.24. The van der Waals surface area contributed by atoms with Crippen molar-refractivity contribution in [3.63, 3.8) is 0 Å². The molecule has 1 fully saturated rings. The van der Waals surface area contributed by atoms with Gasteiger partial charge in [-0.15, -0.1) is 0 Å². The van der Waals surface area contributed by atoms with Crippen molar-refractivity contribution in [2.75, 3.05) is 32.7 Å². The lowest BCUT2D eigenvalue weighted by molar-refractivity contribution is -0.911. The first kappa shape index (κ1) is 14.0. The minimum atomic E-state index is -0.947. The molecule has 1 aliphatic rings. The normalized spacial score (nSPS) is 20.9. The second-order valence-corrected chi connectivity index (χ2v) is 5.23. The second kappa shape index (κ2) is 7.26. The topological polar surface area (TPSA) is 47.8 Å². The molecule has 0 saturated carbocycles. The highest BCUT2D eigenvalue weighted by atomic mass is 16.4. The van der Waals surface area contributed by atoms with Gasteiger partial charge in [0.15, 0.2) is 0 Å². The van der Waals surface area contributed by atoms with E-state index in [0.717, 1.165) is 39.1 Å². The Labute approximate surface area is 114 Å². The minimum Gasteiger partial charge on any atom is -0.550 e. The smallest absolute Gasteiger partial charge is 0.103 e. The first-order valence-electron chi connectivity index (χ1n) is 7.04. The Hall–Kier alpha value is -1.39. The molecule has 1 saturated heterocycles. The maximum absolute atomic E-state index is 10.5. The summed E-state index contributed by atoms with van der Waals surface area (Å²) >= 11 is 0. The number of carboxylic acid groups (broad SMARTS) is 1. The van der Waals surface area contributed by atoms with E-state index in [2.05, 4.69) is 29.2 Å². The molecular formula is C15H22N2O2. The molecule has 0 amide bonds. The van der Waals surface area contributed by atoms with Crippen molar-refractivity contribution >= 4 is 5.97 Å². The Balaban J connectivity index is 1.78. The van der Waals surface area contributed by atoms with E-state index in [9.17, 15) is 9.90 Å². The molecule has 0 spiro atoms. The van der Waals surface area contributed by atoms with Gasteiger partial charge in [-0.25, -0.2) is 0 Å². The van der Waals surface area contributed by atoms with Gasteiger partial charge in [0.25, 0.3) is 0 Å². The molecule has 1 atom stereocenters. The van der Waals surface area contributed by atoms with Crippen molar-refractivity contribution in [1.29, 1.82) is 0 Å². The van der Waals surface area contributed by atoms with Gasteiger partial charge in [0, 0.05) is 37.6 Å². The lowest BCUT2D eigenvalue weighted by Crippen LogP contribution is -3.11. The van der Waals surface area contributed by atoms with Gasteiger partial charge in [0.2, 0.25) is 0 Å². The van der Waals surface area contributed by atoms with Crippen LogP contribution in [0.2, 0.25) is 0 Å². The zero-order valence-corrected chi connectivity index (χ0v) is 11.3. The van der Waals surface area contributed by atoms with E-state index in [1.807, 2.05) is 6.07 Å². The van der Waals surface area contributed by atoms with Crippen LogP contribution in [-0.4, -0.2) is 43.6 Å². The van der Waals surface area contributed by atoms with E-state index < -0.39 is 5.97 Å². The lowest BCUT2D eigenvalue weighted by Gasteiger charge is -2.20. The summed E-state index contributed by atoms with van der Waals surface area (Å²) in [5.74, 6) is -0.947. The summed E-state index contributed by atoms with van der Waals surface area (Å²) in [7, 11) is 0. The molecule has 1 N–H and O–H groups in total. The molecule has 0 aliphatic carbocycles. The van der Waals surface area contributed by atoms with Crippen molar-refractivity contribution < 1.29 is 14.8 Å². The van der Waals surface area contributed by atoms with Crippen LogP contribution in [0.25, 0.3) is 0 Å². The molecule has 0 aromatic heterocycles. The highest BCUT2D eigenvalue weighted by Gasteiger charge is 2.17. The fourth-order valence-corrected chi connectivity index (χ4v) is 2.64. The maximum atomic E-state index is 10.5. The number of benzene rings is 1. The van der Waals surface area contributed by atoms with Crippen LogP contribution < -0.4 is 10.0 Å². The van der Waals surface area contributed by atoms with Crippen LogP contribution in [0.1, 0.15) is 18.4 Å². The molecule has 0 radical (unpaired) electrons. The molecule has 1 aromatic carbocycles. The lowest BCUT2D eigenvalue weighted by atomic mass is 10.2. The van der Waals surface area contributed by atoms with Crippen molar-refractivity contribution in [1.82, 2.24) is 4.90 Å². The van der Waals surface area contributed by atoms with Crippen LogP contribution >= 0.6 is 0 Å². The van der Waals surface area contributed by atoms with Gasteiger partial charge in [-0.2, -0.15) is 0 Å². The van der Waals surface area contributed by atoms with Gasteiger partial charge in [0.1, 0.15) is 6.54 Å². The Bertz CT molecular complexity index is 394. The van der Waals surface area contributed by atoms with E-state index >= 15 is 0 Å². The third-order valence-corrected chi connectivity index (χ3v) is 3.72. The molecular weight excluding hydrogens is 240 g/mol. The molecule has 1 unspecified atom stereocenters. The minimum absolute atomic E-state index is 0.147.